The van der Waals surface area contributed by atoms with E-state index >= 15 is 0 Å². The van der Waals surface area contributed by atoms with Crippen molar-refractivity contribution >= 4 is 17.5 Å². The van der Waals surface area contributed by atoms with Crippen LogP contribution in [-0.4, -0.2) is 29.8 Å². The number of anilines is 1. The molecule has 0 radical (unpaired) electrons. The molecular weight excluding hydrogens is 360 g/mol. The highest BCUT2D eigenvalue weighted by molar-refractivity contribution is 6.13. The number of carbonyl (C=O) groups is 2. The lowest BCUT2D eigenvalue weighted by molar-refractivity contribution is -0.143. The minimum atomic E-state index is -0.842. The Labute approximate surface area is 173 Å². The summed E-state index contributed by atoms with van der Waals surface area (Å²) in [7, 11) is 0. The van der Waals surface area contributed by atoms with Crippen molar-refractivity contribution in [1.82, 2.24) is 4.90 Å². The van der Waals surface area contributed by atoms with Crippen molar-refractivity contribution in [3.8, 4) is 0 Å². The number of hydrogen-bond acceptors (Lipinski definition) is 2. The maximum Gasteiger partial charge on any atom is 0.240 e. The number of aryl methyl sites for hydroxylation is 2. The minimum Gasteiger partial charge on any atom is -0.342 e. The normalized spacial score (nSPS) is 18.3. The average molecular weight is 391 g/mol. The molecule has 0 aromatic heterocycles. The van der Waals surface area contributed by atoms with Gasteiger partial charge in [0.05, 0.1) is 0 Å². The van der Waals surface area contributed by atoms with Crippen LogP contribution in [0.4, 0.5) is 5.69 Å². The lowest BCUT2D eigenvalue weighted by Gasteiger charge is -2.34. The molecule has 4 nitrogen and oxygen atoms in total. The van der Waals surface area contributed by atoms with Gasteiger partial charge in [0, 0.05) is 18.8 Å². The molecule has 1 aliphatic carbocycles. The van der Waals surface area contributed by atoms with Crippen LogP contribution in [0.1, 0.15) is 42.4 Å². The van der Waals surface area contributed by atoms with E-state index < -0.39 is 5.41 Å². The van der Waals surface area contributed by atoms with Crippen molar-refractivity contribution in [2.24, 2.45) is 11.3 Å². The number of carbonyl (C=O) groups excluding carboxylic acids is 2. The van der Waals surface area contributed by atoms with Crippen LogP contribution in [0.3, 0.4) is 0 Å². The summed E-state index contributed by atoms with van der Waals surface area (Å²) < 4.78 is 0. The van der Waals surface area contributed by atoms with Gasteiger partial charge in [-0.05, 0) is 80.7 Å². The highest BCUT2D eigenvalue weighted by atomic mass is 16.2. The topological polar surface area (TPSA) is 49.4 Å². The smallest absolute Gasteiger partial charge is 0.240 e. The van der Waals surface area contributed by atoms with Gasteiger partial charge in [-0.2, -0.15) is 0 Å². The van der Waals surface area contributed by atoms with Crippen LogP contribution in [0.2, 0.25) is 0 Å². The highest BCUT2D eigenvalue weighted by Gasteiger charge is 2.58. The van der Waals surface area contributed by atoms with E-state index in [1.165, 1.54) is 11.1 Å². The van der Waals surface area contributed by atoms with Crippen molar-refractivity contribution in [1.29, 1.82) is 0 Å². The van der Waals surface area contributed by atoms with Crippen molar-refractivity contribution in [2.45, 2.75) is 46.0 Å². The molecule has 1 aliphatic heterocycles. The number of benzene rings is 2. The van der Waals surface area contributed by atoms with Gasteiger partial charge in [0.2, 0.25) is 11.8 Å². The predicted octanol–water partition coefficient (Wildman–Crippen LogP) is 4.50. The summed E-state index contributed by atoms with van der Waals surface area (Å²) in [5.74, 6) is 0.495. The first-order chi connectivity index (χ1) is 14.0. The molecule has 1 heterocycles. The molecule has 0 bridgehead atoms. The van der Waals surface area contributed by atoms with Crippen LogP contribution in [0.15, 0.2) is 48.5 Å². The number of nitrogens with zero attached hydrogens (tertiary/aromatic N) is 1. The third-order valence-electron chi connectivity index (χ3n) is 6.63. The number of hydrogen-bond donors (Lipinski definition) is 1. The molecule has 2 aromatic carbocycles. The second-order valence-electron chi connectivity index (χ2n) is 8.76. The standard InChI is InChI=1S/C25H30N2O2/c1-18-8-9-22(16-19(18)2)26-23(28)25(12-13-25)24(29)27-14-10-21(11-15-27)17-20-6-4-3-5-7-20/h3-9,16,21H,10-15,17H2,1-2H3,(H,26,28). The fraction of sp³-hybridized carbons (Fsp3) is 0.440. The van der Waals surface area contributed by atoms with Gasteiger partial charge in [0.1, 0.15) is 5.41 Å². The van der Waals surface area contributed by atoms with E-state index in [4.69, 9.17) is 0 Å². The lowest BCUT2D eigenvalue weighted by Crippen LogP contribution is -2.46. The highest BCUT2D eigenvalue weighted by Crippen LogP contribution is 2.48. The molecule has 4 heteroatoms. The van der Waals surface area contributed by atoms with Gasteiger partial charge in [0.25, 0.3) is 0 Å². The quantitative estimate of drug-likeness (QED) is 0.764. The van der Waals surface area contributed by atoms with Gasteiger partial charge < -0.3 is 10.2 Å². The van der Waals surface area contributed by atoms with Gasteiger partial charge in [0.15, 0.2) is 0 Å². The van der Waals surface area contributed by atoms with E-state index in [1.807, 2.05) is 43.0 Å². The number of nitrogens with one attached hydrogen (secondary N) is 1. The molecule has 2 fully saturated rings. The monoisotopic (exact) mass is 390 g/mol. The SMILES string of the molecule is Cc1ccc(NC(=O)C2(C(=O)N3CCC(Cc4ccccc4)CC3)CC2)cc1C. The Morgan fingerprint density at radius 3 is 2.31 bits per heavy atom. The third-order valence-corrected chi connectivity index (χ3v) is 6.63. The van der Waals surface area contributed by atoms with E-state index in [1.54, 1.807) is 0 Å². The van der Waals surface area contributed by atoms with Crippen LogP contribution >= 0.6 is 0 Å². The fourth-order valence-electron chi connectivity index (χ4n) is 4.32. The molecule has 1 saturated carbocycles. The Morgan fingerprint density at radius 1 is 1.00 bits per heavy atom. The first kappa shape index (κ1) is 19.7. The van der Waals surface area contributed by atoms with Gasteiger partial charge in [-0.3, -0.25) is 9.59 Å². The lowest BCUT2D eigenvalue weighted by atomic mass is 9.89. The van der Waals surface area contributed by atoms with Crippen molar-refractivity contribution in [3.05, 3.63) is 65.2 Å². The van der Waals surface area contributed by atoms with Crippen LogP contribution < -0.4 is 5.32 Å². The predicted molar refractivity (Wildman–Crippen MR) is 116 cm³/mol. The minimum absolute atomic E-state index is 0.0250. The Kier molecular flexibility index (Phi) is 5.44. The molecule has 0 atom stereocenters. The molecule has 29 heavy (non-hydrogen) atoms. The number of piperidine rings is 1. The van der Waals surface area contributed by atoms with Crippen LogP contribution in [0, 0.1) is 25.2 Å². The summed E-state index contributed by atoms with van der Waals surface area (Å²) in [4.78, 5) is 28.0. The Hall–Kier alpha value is -2.62. The van der Waals surface area contributed by atoms with Crippen molar-refractivity contribution in [3.63, 3.8) is 0 Å². The summed E-state index contributed by atoms with van der Waals surface area (Å²) in [6.45, 7) is 5.60. The zero-order chi connectivity index (χ0) is 20.4. The summed E-state index contributed by atoms with van der Waals surface area (Å²) in [6, 6.07) is 16.4. The average Bonchev–Trinajstić information content (AvgIpc) is 3.54. The third kappa shape index (κ3) is 4.21. The van der Waals surface area contributed by atoms with Crippen LogP contribution in [0.5, 0.6) is 0 Å². The first-order valence-electron chi connectivity index (χ1n) is 10.7. The van der Waals surface area contributed by atoms with Gasteiger partial charge in [-0.15, -0.1) is 0 Å². The number of likely N-dealkylation sites (tertiary alicyclic amines) is 1. The van der Waals surface area contributed by atoms with E-state index in [0.717, 1.165) is 43.6 Å². The molecular formula is C25H30N2O2. The van der Waals surface area contributed by atoms with Gasteiger partial charge in [-0.25, -0.2) is 0 Å². The van der Waals surface area contributed by atoms with Crippen LogP contribution in [-0.2, 0) is 16.0 Å². The van der Waals surface area contributed by atoms with Gasteiger partial charge in [-0.1, -0.05) is 36.4 Å². The second kappa shape index (κ2) is 8.02. The first-order valence-corrected chi connectivity index (χ1v) is 10.7. The van der Waals surface area contributed by atoms with E-state index in [-0.39, 0.29) is 11.8 Å². The number of rotatable bonds is 5. The number of amides is 2. The van der Waals surface area contributed by atoms with Gasteiger partial charge >= 0.3 is 0 Å². The van der Waals surface area contributed by atoms with E-state index in [0.29, 0.717) is 18.8 Å². The zero-order valence-corrected chi connectivity index (χ0v) is 17.4. The molecule has 1 saturated heterocycles. The van der Waals surface area contributed by atoms with E-state index in [2.05, 4.69) is 29.6 Å². The Bertz CT molecular complexity index is 894. The molecule has 2 aromatic rings. The molecule has 152 valence electrons. The Morgan fingerprint density at radius 2 is 1.69 bits per heavy atom. The summed E-state index contributed by atoms with van der Waals surface area (Å²) in [5.41, 5.74) is 3.63. The fourth-order valence-corrected chi connectivity index (χ4v) is 4.32. The molecule has 2 aliphatic rings. The molecule has 4 rings (SSSR count). The zero-order valence-electron chi connectivity index (χ0n) is 17.4. The molecule has 0 spiro atoms. The summed E-state index contributed by atoms with van der Waals surface area (Å²) in [6.07, 6.45) is 4.41. The summed E-state index contributed by atoms with van der Waals surface area (Å²) >= 11 is 0. The Balaban J connectivity index is 1.34. The summed E-state index contributed by atoms with van der Waals surface area (Å²) in [5, 5.41) is 2.99. The van der Waals surface area contributed by atoms with Crippen molar-refractivity contribution < 1.29 is 9.59 Å². The molecule has 1 N–H and O–H groups in total. The van der Waals surface area contributed by atoms with E-state index in [9.17, 15) is 9.59 Å². The maximum absolute atomic E-state index is 13.2. The maximum atomic E-state index is 13.2. The second-order valence-corrected chi connectivity index (χ2v) is 8.76. The molecule has 0 unspecified atom stereocenters. The molecule has 2 amide bonds. The van der Waals surface area contributed by atoms with Crippen LogP contribution in [0.25, 0.3) is 0 Å². The van der Waals surface area contributed by atoms with Crippen molar-refractivity contribution in [2.75, 3.05) is 18.4 Å². The largest absolute Gasteiger partial charge is 0.342 e.